The average molecular weight is 314 g/mol. The van der Waals surface area contributed by atoms with E-state index >= 15 is 0 Å². The van der Waals surface area contributed by atoms with Crippen molar-refractivity contribution in [1.29, 1.82) is 0 Å². The first-order chi connectivity index (χ1) is 10.1. The lowest BCUT2D eigenvalue weighted by atomic mass is 9.90. The van der Waals surface area contributed by atoms with Crippen LogP contribution in [0.15, 0.2) is 0 Å². The Hall–Kier alpha value is -0.910. The van der Waals surface area contributed by atoms with Crippen LogP contribution >= 0.6 is 11.8 Å². The molecular formula is C15H26N2O3S. The van der Waals surface area contributed by atoms with E-state index in [9.17, 15) is 14.7 Å². The monoisotopic (exact) mass is 314 g/mol. The number of hydrogen-bond acceptors (Lipinski definition) is 3. The fourth-order valence-electron chi connectivity index (χ4n) is 3.16. The maximum absolute atomic E-state index is 12.1. The Morgan fingerprint density at radius 1 is 1.10 bits per heavy atom. The lowest BCUT2D eigenvalue weighted by Crippen LogP contribution is -2.57. The molecule has 1 saturated heterocycles. The Balaban J connectivity index is 1.84. The van der Waals surface area contributed by atoms with Gasteiger partial charge in [0, 0.05) is 11.8 Å². The van der Waals surface area contributed by atoms with Crippen molar-refractivity contribution >= 4 is 23.8 Å². The molecule has 0 bridgehead atoms. The summed E-state index contributed by atoms with van der Waals surface area (Å²) in [5.74, 6) is 0.263. The highest BCUT2D eigenvalue weighted by atomic mass is 32.2. The summed E-state index contributed by atoms with van der Waals surface area (Å²) in [6, 6.07) is -0.328. The zero-order valence-electron chi connectivity index (χ0n) is 12.5. The molecule has 0 aromatic rings. The first kappa shape index (κ1) is 16.5. The van der Waals surface area contributed by atoms with E-state index in [0.29, 0.717) is 24.6 Å². The predicted molar refractivity (Wildman–Crippen MR) is 84.7 cm³/mol. The van der Waals surface area contributed by atoms with E-state index in [-0.39, 0.29) is 6.03 Å². The fraction of sp³-hybridized carbons (Fsp3) is 0.867. The molecule has 1 saturated carbocycles. The Morgan fingerprint density at radius 2 is 1.81 bits per heavy atom. The molecule has 1 heterocycles. The molecule has 2 aliphatic rings. The van der Waals surface area contributed by atoms with Gasteiger partial charge in [0.15, 0.2) is 0 Å². The van der Waals surface area contributed by atoms with Gasteiger partial charge < -0.3 is 15.7 Å². The van der Waals surface area contributed by atoms with Crippen LogP contribution in [0.4, 0.5) is 4.79 Å². The number of carbonyl (C=O) groups excluding carboxylic acids is 1. The maximum Gasteiger partial charge on any atom is 0.329 e. The van der Waals surface area contributed by atoms with Crippen LogP contribution in [0, 0.1) is 0 Å². The average Bonchev–Trinajstić information content (AvgIpc) is 2.73. The molecule has 0 aromatic carbocycles. The molecule has 1 atom stereocenters. The van der Waals surface area contributed by atoms with E-state index in [0.717, 1.165) is 37.9 Å². The van der Waals surface area contributed by atoms with Gasteiger partial charge in [0.1, 0.15) is 5.54 Å². The summed E-state index contributed by atoms with van der Waals surface area (Å²) in [5, 5.41) is 15.6. The molecule has 0 radical (unpaired) electrons. The summed E-state index contributed by atoms with van der Waals surface area (Å²) in [6.07, 6.45) is 8.52. The largest absolute Gasteiger partial charge is 0.480 e. The number of hydrogen-bond donors (Lipinski definition) is 3. The topological polar surface area (TPSA) is 78.4 Å². The van der Waals surface area contributed by atoms with Gasteiger partial charge in [-0.1, -0.05) is 32.1 Å². The van der Waals surface area contributed by atoms with Crippen LogP contribution in [-0.2, 0) is 4.79 Å². The van der Waals surface area contributed by atoms with Crippen LogP contribution in [-0.4, -0.2) is 40.2 Å². The van der Waals surface area contributed by atoms with Crippen LogP contribution in [0.1, 0.15) is 57.8 Å². The van der Waals surface area contributed by atoms with Gasteiger partial charge >= 0.3 is 12.0 Å². The molecule has 2 fully saturated rings. The molecule has 1 unspecified atom stereocenters. The third-order valence-corrected chi connectivity index (χ3v) is 5.88. The Bertz CT molecular complexity index is 362. The number of rotatable bonds is 4. The third kappa shape index (κ3) is 4.80. The summed E-state index contributed by atoms with van der Waals surface area (Å²) in [4.78, 5) is 23.7. The van der Waals surface area contributed by atoms with E-state index in [4.69, 9.17) is 0 Å². The second-order valence-electron chi connectivity index (χ2n) is 6.13. The molecule has 21 heavy (non-hydrogen) atoms. The number of aliphatic carboxylic acids is 1. The highest BCUT2D eigenvalue weighted by Gasteiger charge is 2.40. The highest BCUT2D eigenvalue weighted by molar-refractivity contribution is 7.99. The second-order valence-corrected chi connectivity index (χ2v) is 7.53. The Kier molecular flexibility index (Phi) is 6.21. The van der Waals surface area contributed by atoms with Crippen LogP contribution in [0.25, 0.3) is 0 Å². The SMILES string of the molecule is O=C(NCC1CCCCS1)NC1(C(=O)O)CCCCCC1. The molecule has 120 valence electrons. The van der Waals surface area contributed by atoms with Crippen molar-refractivity contribution in [1.82, 2.24) is 10.6 Å². The van der Waals surface area contributed by atoms with Gasteiger partial charge in [-0.15, -0.1) is 0 Å². The smallest absolute Gasteiger partial charge is 0.329 e. The van der Waals surface area contributed by atoms with Gasteiger partial charge in [-0.25, -0.2) is 9.59 Å². The quantitative estimate of drug-likeness (QED) is 0.697. The van der Waals surface area contributed by atoms with Crippen LogP contribution in [0.5, 0.6) is 0 Å². The molecule has 1 aliphatic carbocycles. The van der Waals surface area contributed by atoms with Gasteiger partial charge in [-0.3, -0.25) is 0 Å². The van der Waals surface area contributed by atoms with E-state index < -0.39 is 11.5 Å². The van der Waals surface area contributed by atoms with E-state index in [1.807, 2.05) is 11.8 Å². The molecule has 1 aliphatic heterocycles. The Labute approximate surface area is 130 Å². The normalized spacial score (nSPS) is 25.6. The molecule has 6 heteroatoms. The maximum atomic E-state index is 12.1. The third-order valence-electron chi connectivity index (χ3n) is 4.48. The summed E-state index contributed by atoms with van der Waals surface area (Å²) < 4.78 is 0. The molecule has 0 spiro atoms. The standard InChI is InChI=1S/C15H26N2O3S/c18-13(19)15(8-4-1-2-5-9-15)17-14(20)16-11-12-7-3-6-10-21-12/h12H,1-11H2,(H,18,19)(H2,16,17,20). The van der Waals surface area contributed by atoms with Crippen molar-refractivity contribution in [3.05, 3.63) is 0 Å². The summed E-state index contributed by atoms with van der Waals surface area (Å²) in [6.45, 7) is 0.631. The van der Waals surface area contributed by atoms with Gasteiger partial charge in [-0.2, -0.15) is 11.8 Å². The number of urea groups is 1. The van der Waals surface area contributed by atoms with Crippen molar-refractivity contribution in [3.63, 3.8) is 0 Å². The Morgan fingerprint density at radius 3 is 2.38 bits per heavy atom. The first-order valence-corrected chi connectivity index (χ1v) is 9.08. The second kappa shape index (κ2) is 7.92. The number of carboxylic acids is 1. The minimum atomic E-state index is -1.07. The molecule has 2 amide bonds. The highest BCUT2D eigenvalue weighted by Crippen LogP contribution is 2.28. The lowest BCUT2D eigenvalue weighted by molar-refractivity contribution is -0.145. The van der Waals surface area contributed by atoms with E-state index in [1.54, 1.807) is 0 Å². The number of thioether (sulfide) groups is 1. The van der Waals surface area contributed by atoms with E-state index in [2.05, 4.69) is 10.6 Å². The van der Waals surface area contributed by atoms with Crippen molar-refractivity contribution in [3.8, 4) is 0 Å². The number of amides is 2. The van der Waals surface area contributed by atoms with Gasteiger partial charge in [0.2, 0.25) is 0 Å². The number of carbonyl (C=O) groups is 2. The van der Waals surface area contributed by atoms with Crippen LogP contribution in [0.3, 0.4) is 0 Å². The number of carboxylic acid groups (broad SMARTS) is 1. The van der Waals surface area contributed by atoms with Gasteiger partial charge in [-0.05, 0) is 31.4 Å². The van der Waals surface area contributed by atoms with Gasteiger partial charge in [0.05, 0.1) is 0 Å². The zero-order chi connectivity index (χ0) is 15.1. The molecule has 2 rings (SSSR count). The summed E-state index contributed by atoms with van der Waals surface area (Å²) >= 11 is 1.90. The van der Waals surface area contributed by atoms with Crippen LogP contribution in [0.2, 0.25) is 0 Å². The molecular weight excluding hydrogens is 288 g/mol. The minimum absolute atomic E-state index is 0.328. The van der Waals surface area contributed by atoms with Crippen molar-refractivity contribution < 1.29 is 14.7 Å². The van der Waals surface area contributed by atoms with Crippen molar-refractivity contribution in [2.45, 2.75) is 68.6 Å². The summed E-state index contributed by atoms with van der Waals surface area (Å²) in [7, 11) is 0. The summed E-state index contributed by atoms with van der Waals surface area (Å²) in [5.41, 5.74) is -1.07. The van der Waals surface area contributed by atoms with E-state index in [1.165, 1.54) is 12.8 Å². The zero-order valence-corrected chi connectivity index (χ0v) is 13.3. The first-order valence-electron chi connectivity index (χ1n) is 8.03. The van der Waals surface area contributed by atoms with Crippen molar-refractivity contribution in [2.75, 3.05) is 12.3 Å². The fourth-order valence-corrected chi connectivity index (χ4v) is 4.40. The number of nitrogens with one attached hydrogen (secondary N) is 2. The van der Waals surface area contributed by atoms with Gasteiger partial charge in [0.25, 0.3) is 0 Å². The van der Waals surface area contributed by atoms with Crippen LogP contribution < -0.4 is 10.6 Å². The molecule has 5 nitrogen and oxygen atoms in total. The molecule has 0 aromatic heterocycles. The molecule has 3 N–H and O–H groups in total. The lowest BCUT2D eigenvalue weighted by Gasteiger charge is -2.30. The predicted octanol–water partition coefficient (Wildman–Crippen LogP) is 2.75. The van der Waals surface area contributed by atoms with Crippen molar-refractivity contribution in [2.24, 2.45) is 0 Å². The minimum Gasteiger partial charge on any atom is -0.480 e.